The molecular formula is C18H24N4O2. The van der Waals surface area contributed by atoms with Gasteiger partial charge in [0.1, 0.15) is 29.8 Å². The molecule has 24 heavy (non-hydrogen) atoms. The Morgan fingerprint density at radius 1 is 1.42 bits per heavy atom. The molecule has 3 heterocycles. The predicted molar refractivity (Wildman–Crippen MR) is 90.4 cm³/mol. The largest absolute Gasteiger partial charge is 0.494 e. The average molecular weight is 328 g/mol. The van der Waals surface area contributed by atoms with E-state index in [1.165, 1.54) is 5.56 Å². The van der Waals surface area contributed by atoms with Gasteiger partial charge in [-0.2, -0.15) is 5.10 Å². The quantitative estimate of drug-likeness (QED) is 0.911. The minimum absolute atomic E-state index is 0.252. The first-order valence-electron chi connectivity index (χ1n) is 8.78. The second-order valence-electron chi connectivity index (χ2n) is 6.61. The van der Waals surface area contributed by atoms with Gasteiger partial charge in [0.2, 0.25) is 0 Å². The molecule has 6 nitrogen and oxygen atoms in total. The van der Waals surface area contributed by atoms with E-state index >= 15 is 0 Å². The molecule has 128 valence electrons. The summed E-state index contributed by atoms with van der Waals surface area (Å²) in [5.41, 5.74) is 2.41. The number of aryl methyl sites for hydroxylation is 1. The van der Waals surface area contributed by atoms with Crippen LogP contribution >= 0.6 is 0 Å². The molecule has 0 unspecified atom stereocenters. The lowest BCUT2D eigenvalue weighted by atomic mass is 10.0. The van der Waals surface area contributed by atoms with E-state index in [1.54, 1.807) is 6.33 Å². The molecule has 0 spiro atoms. The highest BCUT2D eigenvalue weighted by Gasteiger charge is 2.23. The first-order valence-corrected chi connectivity index (χ1v) is 8.78. The number of hydrogen-bond donors (Lipinski definition) is 1. The number of ether oxygens (including phenoxy) is 2. The third-order valence-corrected chi connectivity index (χ3v) is 4.77. The summed E-state index contributed by atoms with van der Waals surface area (Å²) in [6.07, 6.45) is 4.91. The highest BCUT2D eigenvalue weighted by atomic mass is 16.5. The van der Waals surface area contributed by atoms with Crippen molar-refractivity contribution in [3.63, 3.8) is 0 Å². The summed E-state index contributed by atoms with van der Waals surface area (Å²) in [6, 6.07) is 4.69. The average Bonchev–Trinajstić information content (AvgIpc) is 3.17. The lowest BCUT2D eigenvalue weighted by molar-refractivity contribution is 0.254. The SMILES string of the molecule is CCOc1cc2c(cc1CN[C@H]1CCc3ncnn3C1)O[C@H](C)C2. The highest BCUT2D eigenvalue weighted by Crippen LogP contribution is 2.35. The molecule has 2 atom stereocenters. The van der Waals surface area contributed by atoms with Gasteiger partial charge in [-0.1, -0.05) is 0 Å². The van der Waals surface area contributed by atoms with Crippen LogP contribution in [-0.2, 0) is 25.9 Å². The standard InChI is InChI=1S/C18H24N4O2/c1-3-23-16-7-13-6-12(2)24-17(13)8-14(16)9-19-15-4-5-18-20-11-21-22(18)10-15/h7-8,11-12,15,19H,3-6,9-10H2,1-2H3/t12-,15+/m1/s1. The van der Waals surface area contributed by atoms with Crippen molar-refractivity contribution in [2.24, 2.45) is 0 Å². The monoisotopic (exact) mass is 328 g/mol. The van der Waals surface area contributed by atoms with Gasteiger partial charge in [0.25, 0.3) is 0 Å². The van der Waals surface area contributed by atoms with Crippen molar-refractivity contribution in [2.75, 3.05) is 6.61 Å². The van der Waals surface area contributed by atoms with Crippen LogP contribution in [-0.4, -0.2) is 33.5 Å². The smallest absolute Gasteiger partial charge is 0.138 e. The van der Waals surface area contributed by atoms with Crippen molar-refractivity contribution in [2.45, 2.75) is 58.3 Å². The Kier molecular flexibility index (Phi) is 4.14. The number of benzene rings is 1. The maximum Gasteiger partial charge on any atom is 0.138 e. The third-order valence-electron chi connectivity index (χ3n) is 4.77. The zero-order valence-electron chi connectivity index (χ0n) is 14.3. The van der Waals surface area contributed by atoms with Crippen LogP contribution in [0.25, 0.3) is 0 Å². The van der Waals surface area contributed by atoms with E-state index in [9.17, 15) is 0 Å². The lowest BCUT2D eigenvalue weighted by Gasteiger charge is -2.24. The fourth-order valence-electron chi connectivity index (χ4n) is 3.57. The molecule has 0 aliphatic carbocycles. The third kappa shape index (κ3) is 2.98. The van der Waals surface area contributed by atoms with Crippen LogP contribution in [0.3, 0.4) is 0 Å². The second-order valence-corrected chi connectivity index (χ2v) is 6.61. The van der Waals surface area contributed by atoms with Crippen LogP contribution in [0.2, 0.25) is 0 Å². The number of fused-ring (bicyclic) bond motifs is 2. The normalized spacial score (nSPS) is 21.9. The maximum atomic E-state index is 5.90. The summed E-state index contributed by atoms with van der Waals surface area (Å²) in [5, 5.41) is 7.93. The van der Waals surface area contributed by atoms with Crippen LogP contribution in [0.4, 0.5) is 0 Å². The number of nitrogens with one attached hydrogen (secondary N) is 1. The van der Waals surface area contributed by atoms with E-state index in [1.807, 2.05) is 11.6 Å². The summed E-state index contributed by atoms with van der Waals surface area (Å²) < 4.78 is 13.8. The molecular weight excluding hydrogens is 304 g/mol. The van der Waals surface area contributed by atoms with Crippen molar-refractivity contribution < 1.29 is 9.47 Å². The first kappa shape index (κ1) is 15.4. The molecule has 1 N–H and O–H groups in total. The van der Waals surface area contributed by atoms with Crippen molar-refractivity contribution in [3.05, 3.63) is 35.4 Å². The molecule has 2 aliphatic rings. The van der Waals surface area contributed by atoms with E-state index in [2.05, 4.69) is 34.5 Å². The number of rotatable bonds is 5. The Balaban J connectivity index is 1.47. The molecule has 0 bridgehead atoms. The molecule has 1 aromatic carbocycles. The number of aromatic nitrogens is 3. The zero-order valence-corrected chi connectivity index (χ0v) is 14.3. The van der Waals surface area contributed by atoms with Gasteiger partial charge in [-0.25, -0.2) is 9.67 Å². The molecule has 1 aromatic heterocycles. The zero-order chi connectivity index (χ0) is 16.5. The fraction of sp³-hybridized carbons (Fsp3) is 0.556. The van der Waals surface area contributed by atoms with Gasteiger partial charge in [-0.05, 0) is 32.4 Å². The van der Waals surface area contributed by atoms with Gasteiger partial charge >= 0.3 is 0 Å². The summed E-state index contributed by atoms with van der Waals surface area (Å²) in [4.78, 5) is 4.28. The Morgan fingerprint density at radius 2 is 2.33 bits per heavy atom. The molecule has 4 rings (SSSR count). The van der Waals surface area contributed by atoms with Crippen LogP contribution in [0.15, 0.2) is 18.5 Å². The minimum Gasteiger partial charge on any atom is -0.494 e. The van der Waals surface area contributed by atoms with Gasteiger partial charge in [-0.15, -0.1) is 0 Å². The topological polar surface area (TPSA) is 61.2 Å². The van der Waals surface area contributed by atoms with Crippen LogP contribution in [0.1, 0.15) is 37.2 Å². The molecule has 0 radical (unpaired) electrons. The van der Waals surface area contributed by atoms with Gasteiger partial charge in [0.15, 0.2) is 0 Å². The van der Waals surface area contributed by atoms with Gasteiger partial charge < -0.3 is 14.8 Å². The van der Waals surface area contributed by atoms with Crippen molar-refractivity contribution in [1.29, 1.82) is 0 Å². The summed E-state index contributed by atoms with van der Waals surface area (Å²) in [5.74, 6) is 3.06. The van der Waals surface area contributed by atoms with Crippen LogP contribution < -0.4 is 14.8 Å². The summed E-state index contributed by atoms with van der Waals surface area (Å²) in [7, 11) is 0. The minimum atomic E-state index is 0.252. The van der Waals surface area contributed by atoms with Crippen LogP contribution in [0, 0.1) is 0 Å². The Bertz CT molecular complexity index is 728. The Labute approximate surface area is 142 Å². The first-order chi connectivity index (χ1) is 11.7. The Morgan fingerprint density at radius 3 is 3.21 bits per heavy atom. The molecule has 0 fully saturated rings. The van der Waals surface area contributed by atoms with Crippen molar-refractivity contribution in [3.8, 4) is 11.5 Å². The van der Waals surface area contributed by atoms with Gasteiger partial charge in [0.05, 0.1) is 13.2 Å². The molecule has 6 heteroatoms. The number of nitrogens with zero attached hydrogens (tertiary/aromatic N) is 3. The van der Waals surface area contributed by atoms with E-state index in [0.29, 0.717) is 12.6 Å². The summed E-state index contributed by atoms with van der Waals surface area (Å²) in [6.45, 7) is 6.45. The predicted octanol–water partition coefficient (Wildman–Crippen LogP) is 2.10. The Hall–Kier alpha value is -2.08. The van der Waals surface area contributed by atoms with Gasteiger partial charge in [0, 0.05) is 36.6 Å². The van der Waals surface area contributed by atoms with E-state index in [-0.39, 0.29) is 6.10 Å². The molecule has 0 amide bonds. The number of hydrogen-bond acceptors (Lipinski definition) is 5. The molecule has 0 saturated carbocycles. The van der Waals surface area contributed by atoms with Crippen molar-refractivity contribution >= 4 is 0 Å². The summed E-state index contributed by atoms with van der Waals surface area (Å²) >= 11 is 0. The van der Waals surface area contributed by atoms with Gasteiger partial charge in [-0.3, -0.25) is 0 Å². The van der Waals surface area contributed by atoms with E-state index < -0.39 is 0 Å². The molecule has 2 aliphatic heterocycles. The maximum absolute atomic E-state index is 5.90. The molecule has 2 aromatic rings. The van der Waals surface area contributed by atoms with E-state index in [0.717, 1.165) is 55.2 Å². The lowest BCUT2D eigenvalue weighted by Crippen LogP contribution is -2.37. The second kappa shape index (κ2) is 6.43. The van der Waals surface area contributed by atoms with Crippen molar-refractivity contribution in [1.82, 2.24) is 20.1 Å². The highest BCUT2D eigenvalue weighted by molar-refractivity contribution is 5.48. The molecule has 0 saturated heterocycles. The fourth-order valence-corrected chi connectivity index (χ4v) is 3.57. The van der Waals surface area contributed by atoms with E-state index in [4.69, 9.17) is 9.47 Å². The van der Waals surface area contributed by atoms with Crippen LogP contribution in [0.5, 0.6) is 11.5 Å².